The maximum Gasteiger partial charge on any atom is 0.251 e. The van der Waals surface area contributed by atoms with Crippen LogP contribution in [-0.2, 0) is 6.54 Å². The van der Waals surface area contributed by atoms with E-state index in [1.165, 1.54) is 0 Å². The topological polar surface area (TPSA) is 69.3 Å². The smallest absolute Gasteiger partial charge is 0.251 e. The first kappa shape index (κ1) is 17.5. The molecule has 0 saturated carbocycles. The summed E-state index contributed by atoms with van der Waals surface area (Å²) in [7, 11) is 0. The van der Waals surface area contributed by atoms with Gasteiger partial charge in [-0.25, -0.2) is 0 Å². The van der Waals surface area contributed by atoms with Gasteiger partial charge in [0.25, 0.3) is 5.91 Å². The average molecular weight is 406 g/mol. The lowest BCUT2D eigenvalue weighted by Crippen LogP contribution is -2.25. The molecule has 0 saturated heterocycles. The molecule has 0 aliphatic carbocycles. The highest BCUT2D eigenvalue weighted by molar-refractivity contribution is 9.10. The van der Waals surface area contributed by atoms with Crippen molar-refractivity contribution in [2.45, 2.75) is 32.9 Å². The summed E-state index contributed by atoms with van der Waals surface area (Å²) in [6.07, 6.45) is 4.45. The van der Waals surface area contributed by atoms with Gasteiger partial charge in [0.1, 0.15) is 11.3 Å². The van der Waals surface area contributed by atoms with Crippen LogP contribution < -0.4 is 10.1 Å². The summed E-state index contributed by atoms with van der Waals surface area (Å²) >= 11 is 3.33. The Morgan fingerprint density at radius 2 is 2.24 bits per heavy atom. The Labute approximate surface area is 154 Å². The van der Waals surface area contributed by atoms with Gasteiger partial charge in [-0.1, -0.05) is 0 Å². The third-order valence-electron chi connectivity index (χ3n) is 3.60. The van der Waals surface area contributed by atoms with Crippen molar-refractivity contribution in [3.05, 3.63) is 46.9 Å². The maximum absolute atomic E-state index is 12.5. The summed E-state index contributed by atoms with van der Waals surface area (Å²) < 4.78 is 13.9. The van der Waals surface area contributed by atoms with Crippen molar-refractivity contribution in [3.63, 3.8) is 0 Å². The Bertz CT molecular complexity index is 856. The van der Waals surface area contributed by atoms with E-state index in [-0.39, 0.29) is 12.0 Å². The van der Waals surface area contributed by atoms with Crippen molar-refractivity contribution in [2.75, 3.05) is 6.54 Å². The molecule has 0 spiro atoms. The predicted octanol–water partition coefficient (Wildman–Crippen LogP) is 4.00. The van der Waals surface area contributed by atoms with E-state index in [0.717, 1.165) is 18.4 Å². The summed E-state index contributed by atoms with van der Waals surface area (Å²) in [6, 6.07) is 7.22. The molecule has 132 valence electrons. The zero-order valence-electron chi connectivity index (χ0n) is 14.2. The first-order chi connectivity index (χ1) is 12.0. The van der Waals surface area contributed by atoms with Crippen LogP contribution in [0.25, 0.3) is 11.0 Å². The van der Waals surface area contributed by atoms with Crippen LogP contribution in [0.15, 0.2) is 45.7 Å². The molecule has 0 radical (unpaired) electrons. The molecule has 25 heavy (non-hydrogen) atoms. The second kappa shape index (κ2) is 7.74. The predicted molar refractivity (Wildman–Crippen MR) is 98.9 cm³/mol. The van der Waals surface area contributed by atoms with Crippen molar-refractivity contribution >= 4 is 32.8 Å². The number of halogens is 1. The zero-order valence-corrected chi connectivity index (χ0v) is 15.7. The van der Waals surface area contributed by atoms with Gasteiger partial charge in [0.05, 0.1) is 11.5 Å². The monoisotopic (exact) mass is 405 g/mol. The Morgan fingerprint density at radius 1 is 1.40 bits per heavy atom. The molecule has 0 aliphatic rings. The van der Waals surface area contributed by atoms with Gasteiger partial charge in [-0.15, -0.1) is 0 Å². The second-order valence-electron chi connectivity index (χ2n) is 5.98. The highest BCUT2D eigenvalue weighted by Gasteiger charge is 2.15. The summed E-state index contributed by atoms with van der Waals surface area (Å²) in [6.45, 7) is 5.23. The fourth-order valence-corrected chi connectivity index (χ4v) is 2.94. The van der Waals surface area contributed by atoms with Gasteiger partial charge >= 0.3 is 0 Å². The molecule has 1 N–H and O–H groups in total. The van der Waals surface area contributed by atoms with Gasteiger partial charge in [-0.05, 0) is 54.4 Å². The standard InChI is InChI=1S/C18H20BrN3O3/c1-12(2)24-15-9-13(10-16-14(15)11-17(19)25-16)18(23)20-5-3-7-22-8-4-6-21-22/h4,6,8-12H,3,5,7H2,1-2H3,(H,20,23). The number of fused-ring (bicyclic) bond motifs is 1. The third-order valence-corrected chi connectivity index (χ3v) is 3.99. The Morgan fingerprint density at radius 3 is 2.96 bits per heavy atom. The van der Waals surface area contributed by atoms with E-state index in [9.17, 15) is 4.79 Å². The van der Waals surface area contributed by atoms with Crippen molar-refractivity contribution in [3.8, 4) is 5.75 Å². The molecule has 3 aromatic rings. The fraction of sp³-hybridized carbons (Fsp3) is 0.333. The van der Waals surface area contributed by atoms with E-state index in [4.69, 9.17) is 9.15 Å². The molecule has 0 bridgehead atoms. The molecule has 1 amide bonds. The number of hydrogen-bond acceptors (Lipinski definition) is 4. The SMILES string of the molecule is CC(C)Oc1cc(C(=O)NCCCn2cccn2)cc2oc(Br)cc12. The number of rotatable bonds is 7. The maximum atomic E-state index is 12.5. The number of aromatic nitrogens is 2. The lowest BCUT2D eigenvalue weighted by Gasteiger charge is -2.12. The minimum Gasteiger partial charge on any atom is -0.490 e. The van der Waals surface area contributed by atoms with Crippen LogP contribution in [0.3, 0.4) is 0 Å². The average Bonchev–Trinajstić information content (AvgIpc) is 3.19. The molecule has 1 aromatic carbocycles. The molecule has 2 aromatic heterocycles. The van der Waals surface area contributed by atoms with E-state index in [0.29, 0.717) is 28.1 Å². The molecular formula is C18H20BrN3O3. The molecule has 0 atom stereocenters. The number of aryl methyl sites for hydroxylation is 1. The number of amides is 1. The van der Waals surface area contributed by atoms with E-state index < -0.39 is 0 Å². The van der Waals surface area contributed by atoms with E-state index in [2.05, 4.69) is 26.3 Å². The van der Waals surface area contributed by atoms with Gasteiger partial charge in [-0.3, -0.25) is 9.48 Å². The lowest BCUT2D eigenvalue weighted by molar-refractivity contribution is 0.0952. The van der Waals surface area contributed by atoms with Gasteiger partial charge < -0.3 is 14.5 Å². The summed E-state index contributed by atoms with van der Waals surface area (Å²) in [5.41, 5.74) is 1.14. The highest BCUT2D eigenvalue weighted by Crippen LogP contribution is 2.33. The first-order valence-corrected chi connectivity index (χ1v) is 8.97. The number of nitrogens with zero attached hydrogens (tertiary/aromatic N) is 2. The number of ether oxygens (including phenoxy) is 1. The van der Waals surface area contributed by atoms with Crippen LogP contribution in [-0.4, -0.2) is 28.3 Å². The van der Waals surface area contributed by atoms with Crippen molar-refractivity contribution < 1.29 is 13.9 Å². The third kappa shape index (κ3) is 4.42. The minimum absolute atomic E-state index is 0.00394. The summed E-state index contributed by atoms with van der Waals surface area (Å²) in [4.78, 5) is 12.5. The zero-order chi connectivity index (χ0) is 17.8. The summed E-state index contributed by atoms with van der Waals surface area (Å²) in [5.74, 6) is 0.493. The highest BCUT2D eigenvalue weighted by atomic mass is 79.9. The lowest BCUT2D eigenvalue weighted by atomic mass is 10.1. The molecule has 7 heteroatoms. The summed E-state index contributed by atoms with van der Waals surface area (Å²) in [5, 5.41) is 7.91. The molecule has 0 unspecified atom stereocenters. The second-order valence-corrected chi connectivity index (χ2v) is 6.76. The minimum atomic E-state index is -0.150. The van der Waals surface area contributed by atoms with Crippen LogP contribution in [0.4, 0.5) is 0 Å². The molecule has 0 fully saturated rings. The number of carbonyl (C=O) groups excluding carboxylic acids is 1. The number of benzene rings is 1. The van der Waals surface area contributed by atoms with Gasteiger partial charge in [0, 0.05) is 37.1 Å². The molecule has 6 nitrogen and oxygen atoms in total. The Kier molecular flexibility index (Phi) is 5.43. The molecule has 0 aliphatic heterocycles. The van der Waals surface area contributed by atoms with E-state index in [1.54, 1.807) is 18.3 Å². The van der Waals surface area contributed by atoms with Crippen molar-refractivity contribution in [1.82, 2.24) is 15.1 Å². The number of nitrogens with one attached hydrogen (secondary N) is 1. The van der Waals surface area contributed by atoms with Crippen molar-refractivity contribution in [2.24, 2.45) is 0 Å². The molecular weight excluding hydrogens is 386 g/mol. The Balaban J connectivity index is 1.69. The van der Waals surface area contributed by atoms with Gasteiger partial charge in [0.15, 0.2) is 4.67 Å². The largest absolute Gasteiger partial charge is 0.490 e. The molecule has 3 rings (SSSR count). The number of furan rings is 1. The van der Waals surface area contributed by atoms with Gasteiger partial charge in [-0.2, -0.15) is 5.10 Å². The quantitative estimate of drug-likeness (QED) is 0.603. The van der Waals surface area contributed by atoms with Crippen LogP contribution >= 0.6 is 15.9 Å². The fourth-order valence-electron chi connectivity index (χ4n) is 2.54. The van der Waals surface area contributed by atoms with E-state index >= 15 is 0 Å². The van der Waals surface area contributed by atoms with Crippen molar-refractivity contribution in [1.29, 1.82) is 0 Å². The van der Waals surface area contributed by atoms with Crippen LogP contribution in [0, 0.1) is 0 Å². The number of carbonyl (C=O) groups is 1. The van der Waals surface area contributed by atoms with Gasteiger partial charge in [0.2, 0.25) is 0 Å². The Hall–Kier alpha value is -2.28. The van der Waals surface area contributed by atoms with Crippen LogP contribution in [0.5, 0.6) is 5.75 Å². The van der Waals surface area contributed by atoms with Crippen LogP contribution in [0.1, 0.15) is 30.6 Å². The first-order valence-electron chi connectivity index (χ1n) is 8.18. The molecule has 2 heterocycles. The normalized spacial score (nSPS) is 11.2. The number of hydrogen-bond donors (Lipinski definition) is 1. The van der Waals surface area contributed by atoms with E-state index in [1.807, 2.05) is 36.9 Å². The van der Waals surface area contributed by atoms with Crippen LogP contribution in [0.2, 0.25) is 0 Å².